The molecule has 0 aliphatic heterocycles. The van der Waals surface area contributed by atoms with Crippen LogP contribution < -0.4 is 4.74 Å². The van der Waals surface area contributed by atoms with Crippen molar-refractivity contribution in [1.82, 2.24) is 9.78 Å². The van der Waals surface area contributed by atoms with Crippen molar-refractivity contribution >= 4 is 6.09 Å². The SMILES string of the molecule is CC(C)Oc1ccn(C(=O)O)n1. The number of rotatable bonds is 2. The van der Waals surface area contributed by atoms with Gasteiger partial charge in [0.15, 0.2) is 0 Å². The van der Waals surface area contributed by atoms with E-state index in [2.05, 4.69) is 5.10 Å². The molecule has 0 saturated heterocycles. The molecule has 0 saturated carbocycles. The Bertz CT molecular complexity index is 280. The molecule has 5 heteroatoms. The van der Waals surface area contributed by atoms with Gasteiger partial charge < -0.3 is 9.84 Å². The number of aromatic nitrogens is 2. The van der Waals surface area contributed by atoms with Crippen LogP contribution in [0.2, 0.25) is 0 Å². The lowest BCUT2D eigenvalue weighted by Crippen LogP contribution is -2.10. The van der Waals surface area contributed by atoms with Gasteiger partial charge in [-0.1, -0.05) is 0 Å². The third kappa shape index (κ3) is 1.98. The van der Waals surface area contributed by atoms with Gasteiger partial charge in [-0.05, 0) is 13.8 Å². The van der Waals surface area contributed by atoms with Crippen molar-refractivity contribution in [1.29, 1.82) is 0 Å². The summed E-state index contributed by atoms with van der Waals surface area (Å²) in [4.78, 5) is 10.3. The van der Waals surface area contributed by atoms with Gasteiger partial charge in [0.2, 0.25) is 5.88 Å². The Kier molecular flexibility index (Phi) is 2.32. The molecule has 0 spiro atoms. The first-order chi connectivity index (χ1) is 5.59. The van der Waals surface area contributed by atoms with E-state index in [1.165, 1.54) is 12.3 Å². The average Bonchev–Trinajstić information content (AvgIpc) is 2.34. The van der Waals surface area contributed by atoms with Crippen LogP contribution in [0, 0.1) is 0 Å². The van der Waals surface area contributed by atoms with E-state index >= 15 is 0 Å². The van der Waals surface area contributed by atoms with Crippen LogP contribution in [0.25, 0.3) is 0 Å². The molecular weight excluding hydrogens is 160 g/mol. The molecule has 0 aliphatic carbocycles. The number of carbonyl (C=O) groups is 1. The number of hydrogen-bond donors (Lipinski definition) is 1. The van der Waals surface area contributed by atoms with Crippen LogP contribution in [0.5, 0.6) is 5.88 Å². The Morgan fingerprint density at radius 3 is 2.83 bits per heavy atom. The van der Waals surface area contributed by atoms with Gasteiger partial charge in [-0.15, -0.1) is 5.10 Å². The minimum atomic E-state index is -1.12. The van der Waals surface area contributed by atoms with Crippen molar-refractivity contribution in [3.8, 4) is 5.88 Å². The van der Waals surface area contributed by atoms with E-state index in [1.807, 2.05) is 13.8 Å². The molecule has 66 valence electrons. The van der Waals surface area contributed by atoms with Crippen LogP contribution in [0.1, 0.15) is 13.8 Å². The van der Waals surface area contributed by atoms with Crippen LogP contribution in [-0.2, 0) is 0 Å². The summed E-state index contributed by atoms with van der Waals surface area (Å²) in [6.45, 7) is 3.69. The topological polar surface area (TPSA) is 64.3 Å². The van der Waals surface area contributed by atoms with E-state index in [4.69, 9.17) is 9.84 Å². The highest BCUT2D eigenvalue weighted by atomic mass is 16.5. The van der Waals surface area contributed by atoms with Crippen molar-refractivity contribution in [3.05, 3.63) is 12.3 Å². The predicted molar refractivity (Wildman–Crippen MR) is 41.4 cm³/mol. The largest absolute Gasteiger partial charge is 0.474 e. The van der Waals surface area contributed by atoms with Gasteiger partial charge in [0.25, 0.3) is 0 Å². The van der Waals surface area contributed by atoms with Gasteiger partial charge >= 0.3 is 6.09 Å². The lowest BCUT2D eigenvalue weighted by atomic mass is 10.5. The third-order valence-corrected chi connectivity index (χ3v) is 1.12. The lowest BCUT2D eigenvalue weighted by molar-refractivity contribution is 0.189. The minimum Gasteiger partial charge on any atom is -0.474 e. The fraction of sp³-hybridized carbons (Fsp3) is 0.429. The zero-order valence-electron chi connectivity index (χ0n) is 6.89. The fourth-order valence-corrected chi connectivity index (χ4v) is 0.718. The zero-order chi connectivity index (χ0) is 9.14. The maximum atomic E-state index is 10.3. The first-order valence-electron chi connectivity index (χ1n) is 3.55. The Morgan fingerprint density at radius 2 is 2.42 bits per heavy atom. The molecule has 1 rings (SSSR count). The van der Waals surface area contributed by atoms with Crippen molar-refractivity contribution in [3.63, 3.8) is 0 Å². The Labute approximate surface area is 69.6 Å². The van der Waals surface area contributed by atoms with Crippen LogP contribution in [0.15, 0.2) is 12.3 Å². The summed E-state index contributed by atoms with van der Waals surface area (Å²) in [5.41, 5.74) is 0. The minimum absolute atomic E-state index is 0.00199. The standard InChI is InChI=1S/C7H10N2O3/c1-5(2)12-6-3-4-9(8-6)7(10)11/h3-5H,1-2H3,(H,10,11). The maximum absolute atomic E-state index is 10.3. The molecule has 0 fully saturated rings. The fourth-order valence-electron chi connectivity index (χ4n) is 0.718. The molecule has 1 aromatic heterocycles. The molecule has 0 unspecified atom stereocenters. The highest BCUT2D eigenvalue weighted by Crippen LogP contribution is 2.07. The van der Waals surface area contributed by atoms with E-state index in [0.717, 1.165) is 4.68 Å². The lowest BCUT2D eigenvalue weighted by Gasteiger charge is -2.04. The third-order valence-electron chi connectivity index (χ3n) is 1.12. The number of hydrogen-bond acceptors (Lipinski definition) is 3. The predicted octanol–water partition coefficient (Wildman–Crippen LogP) is 1.20. The van der Waals surface area contributed by atoms with Crippen molar-refractivity contribution in [2.24, 2.45) is 0 Å². The summed E-state index contributed by atoms with van der Waals surface area (Å²) in [6.07, 6.45) is 0.218. The van der Waals surface area contributed by atoms with Gasteiger partial charge in [0.1, 0.15) is 0 Å². The number of nitrogens with zero attached hydrogens (tertiary/aromatic N) is 2. The second-order valence-electron chi connectivity index (χ2n) is 2.55. The first kappa shape index (κ1) is 8.58. The summed E-state index contributed by atoms with van der Waals surface area (Å²) in [7, 11) is 0. The van der Waals surface area contributed by atoms with Crippen LogP contribution >= 0.6 is 0 Å². The second kappa shape index (κ2) is 3.25. The van der Waals surface area contributed by atoms with Crippen molar-refractivity contribution in [2.75, 3.05) is 0 Å². The molecule has 1 aromatic rings. The molecule has 1 N–H and O–H groups in total. The van der Waals surface area contributed by atoms with E-state index in [9.17, 15) is 4.79 Å². The van der Waals surface area contributed by atoms with E-state index in [1.54, 1.807) is 0 Å². The summed E-state index contributed by atoms with van der Waals surface area (Å²) >= 11 is 0. The number of carboxylic acid groups (broad SMARTS) is 1. The highest BCUT2D eigenvalue weighted by molar-refractivity contribution is 5.66. The van der Waals surface area contributed by atoms with Crippen LogP contribution in [0.4, 0.5) is 4.79 Å². The smallest absolute Gasteiger partial charge is 0.432 e. The Hall–Kier alpha value is -1.52. The maximum Gasteiger partial charge on any atom is 0.432 e. The molecule has 0 amide bonds. The monoisotopic (exact) mass is 170 g/mol. The molecule has 0 atom stereocenters. The van der Waals surface area contributed by atoms with E-state index in [-0.39, 0.29) is 6.10 Å². The molecule has 5 nitrogen and oxygen atoms in total. The molecule has 0 bridgehead atoms. The van der Waals surface area contributed by atoms with Gasteiger partial charge in [0.05, 0.1) is 6.10 Å². The van der Waals surface area contributed by atoms with Crippen molar-refractivity contribution in [2.45, 2.75) is 20.0 Å². The van der Waals surface area contributed by atoms with Crippen LogP contribution in [-0.4, -0.2) is 27.1 Å². The normalized spacial score (nSPS) is 10.2. The molecule has 12 heavy (non-hydrogen) atoms. The quantitative estimate of drug-likeness (QED) is 0.724. The summed E-state index contributed by atoms with van der Waals surface area (Å²) in [5.74, 6) is 0.326. The molecule has 1 heterocycles. The summed E-state index contributed by atoms with van der Waals surface area (Å²) in [5, 5.41) is 12.1. The van der Waals surface area contributed by atoms with Gasteiger partial charge in [-0.25, -0.2) is 4.79 Å². The van der Waals surface area contributed by atoms with Gasteiger partial charge in [0, 0.05) is 12.3 Å². The molecule has 0 radical (unpaired) electrons. The second-order valence-corrected chi connectivity index (χ2v) is 2.55. The first-order valence-corrected chi connectivity index (χ1v) is 3.55. The van der Waals surface area contributed by atoms with E-state index < -0.39 is 6.09 Å². The van der Waals surface area contributed by atoms with Crippen molar-refractivity contribution < 1.29 is 14.6 Å². The van der Waals surface area contributed by atoms with Gasteiger partial charge in [-0.3, -0.25) is 0 Å². The molecule has 0 aromatic carbocycles. The average molecular weight is 170 g/mol. The van der Waals surface area contributed by atoms with E-state index in [0.29, 0.717) is 5.88 Å². The molecular formula is C7H10N2O3. The Balaban J connectivity index is 2.71. The summed E-state index contributed by atoms with van der Waals surface area (Å²) in [6, 6.07) is 1.51. The van der Waals surface area contributed by atoms with Gasteiger partial charge in [-0.2, -0.15) is 4.68 Å². The highest BCUT2D eigenvalue weighted by Gasteiger charge is 2.05. The molecule has 0 aliphatic rings. The Morgan fingerprint density at radius 1 is 1.75 bits per heavy atom. The van der Waals surface area contributed by atoms with Crippen LogP contribution in [0.3, 0.4) is 0 Å². The zero-order valence-corrected chi connectivity index (χ0v) is 6.89. The number of ether oxygens (including phenoxy) is 1. The summed E-state index contributed by atoms with van der Waals surface area (Å²) < 4.78 is 5.95.